The van der Waals surface area contributed by atoms with Gasteiger partial charge >= 0.3 is 7.32 Å². The molecular weight excluding hydrogens is 347 g/mol. The number of hydrogen-bond donors (Lipinski definition) is 3. The molecular formula is C9H9BN6O3S3. The van der Waals surface area contributed by atoms with E-state index in [0.717, 1.165) is 0 Å². The number of hydrogen-bond acceptors (Lipinski definition) is 6. The Balaban J connectivity index is 1.84. The molecule has 0 aliphatic rings. The van der Waals surface area contributed by atoms with Crippen molar-refractivity contribution in [1.29, 1.82) is 0 Å². The minimum Gasteiger partial charge on any atom is -0.394 e. The SMILES string of the molecule is S=c1[nH]ccn1OB(On1cc[nH]c1=S)On1cc[nH]c1=S. The van der Waals surface area contributed by atoms with Gasteiger partial charge in [-0.15, -0.1) is 0 Å². The number of H-pyrrole nitrogens is 3. The first kappa shape index (κ1) is 14.7. The predicted molar refractivity (Wildman–Crippen MR) is 84.3 cm³/mol. The van der Waals surface area contributed by atoms with Crippen molar-refractivity contribution in [2.24, 2.45) is 0 Å². The number of imidazole rings is 3. The fourth-order valence-electron chi connectivity index (χ4n) is 1.51. The quantitative estimate of drug-likeness (QED) is 0.450. The summed E-state index contributed by atoms with van der Waals surface area (Å²) in [6.07, 6.45) is 9.58. The van der Waals surface area contributed by atoms with Gasteiger partial charge in [-0.2, -0.15) is 14.2 Å². The molecule has 0 saturated carbocycles. The molecule has 0 bridgehead atoms. The molecule has 0 radical (unpaired) electrons. The molecule has 0 aromatic carbocycles. The second-order valence-corrected chi connectivity index (χ2v) is 5.04. The molecule has 0 aliphatic heterocycles. The molecule has 0 fully saturated rings. The fraction of sp³-hybridized carbons (Fsp3) is 0. The molecule has 0 amide bonds. The van der Waals surface area contributed by atoms with Gasteiger partial charge in [0.25, 0.3) is 0 Å². The molecule has 3 N–H and O–H groups in total. The van der Waals surface area contributed by atoms with Crippen molar-refractivity contribution in [3.8, 4) is 0 Å². The summed E-state index contributed by atoms with van der Waals surface area (Å²) in [4.78, 5) is 8.37. The molecule has 9 nitrogen and oxygen atoms in total. The van der Waals surface area contributed by atoms with Crippen LogP contribution in [0.25, 0.3) is 0 Å². The van der Waals surface area contributed by atoms with Crippen molar-refractivity contribution in [3.05, 3.63) is 51.5 Å². The molecule has 0 spiro atoms. The summed E-state index contributed by atoms with van der Waals surface area (Å²) in [5, 5.41) is 0. The Labute approximate surface area is 139 Å². The lowest BCUT2D eigenvalue weighted by Crippen LogP contribution is -2.48. The Hall–Kier alpha value is -2.25. The molecule has 3 aromatic rings. The fourth-order valence-corrected chi connectivity index (χ4v) is 2.02. The molecule has 3 rings (SSSR count). The van der Waals surface area contributed by atoms with Gasteiger partial charge in [0.05, 0.1) is 18.6 Å². The Morgan fingerprint density at radius 2 is 1.00 bits per heavy atom. The molecule has 0 aliphatic carbocycles. The summed E-state index contributed by atoms with van der Waals surface area (Å²) in [6, 6.07) is 0. The van der Waals surface area contributed by atoms with E-state index in [-0.39, 0.29) is 0 Å². The smallest absolute Gasteiger partial charge is 0.394 e. The summed E-state index contributed by atoms with van der Waals surface area (Å²) in [5.41, 5.74) is 0. The maximum Gasteiger partial charge on any atom is 0.926 e. The largest absolute Gasteiger partial charge is 0.926 e. The van der Waals surface area contributed by atoms with Crippen molar-refractivity contribution in [1.82, 2.24) is 29.1 Å². The number of nitrogens with zero attached hydrogens (tertiary/aromatic N) is 3. The Morgan fingerprint density at radius 3 is 1.23 bits per heavy atom. The van der Waals surface area contributed by atoms with E-state index in [9.17, 15) is 0 Å². The third-order valence-electron chi connectivity index (χ3n) is 2.45. The third kappa shape index (κ3) is 3.15. The molecule has 0 saturated heterocycles. The summed E-state index contributed by atoms with van der Waals surface area (Å²) in [5.74, 6) is 0. The average Bonchev–Trinajstić information content (AvgIpc) is 3.17. The molecule has 3 aromatic heterocycles. The van der Waals surface area contributed by atoms with Gasteiger partial charge in [-0.3, -0.25) is 0 Å². The molecule has 0 atom stereocenters. The number of nitrogens with one attached hydrogen (secondary N) is 3. The van der Waals surface area contributed by atoms with Crippen LogP contribution in [0.3, 0.4) is 0 Å². The van der Waals surface area contributed by atoms with Gasteiger partial charge in [0.15, 0.2) is 0 Å². The van der Waals surface area contributed by atoms with E-state index < -0.39 is 7.32 Å². The van der Waals surface area contributed by atoms with Crippen LogP contribution in [0.4, 0.5) is 0 Å². The highest BCUT2D eigenvalue weighted by Crippen LogP contribution is 1.94. The van der Waals surface area contributed by atoms with Crippen LogP contribution in [0.2, 0.25) is 0 Å². The van der Waals surface area contributed by atoms with Crippen molar-refractivity contribution < 1.29 is 14.3 Å². The summed E-state index contributed by atoms with van der Waals surface area (Å²) >= 11 is 15.2. The van der Waals surface area contributed by atoms with Crippen LogP contribution in [0.5, 0.6) is 0 Å². The topological polar surface area (TPSA) is 89.8 Å². The second kappa shape index (κ2) is 6.25. The van der Waals surface area contributed by atoms with Crippen LogP contribution in [0.15, 0.2) is 37.2 Å². The summed E-state index contributed by atoms with van der Waals surface area (Å²) < 4.78 is 21.4. The van der Waals surface area contributed by atoms with E-state index in [2.05, 4.69) is 15.0 Å². The van der Waals surface area contributed by atoms with Crippen LogP contribution in [-0.4, -0.2) is 36.5 Å². The van der Waals surface area contributed by atoms with Gasteiger partial charge in [-0.25, -0.2) is 0 Å². The van der Waals surface area contributed by atoms with Gasteiger partial charge in [0.2, 0.25) is 14.3 Å². The van der Waals surface area contributed by atoms with Crippen molar-refractivity contribution in [2.45, 2.75) is 0 Å². The molecule has 22 heavy (non-hydrogen) atoms. The van der Waals surface area contributed by atoms with Crippen molar-refractivity contribution in [3.63, 3.8) is 0 Å². The van der Waals surface area contributed by atoms with E-state index in [1.807, 2.05) is 0 Å². The molecule has 3 heterocycles. The van der Waals surface area contributed by atoms with Crippen LogP contribution in [0.1, 0.15) is 0 Å². The van der Waals surface area contributed by atoms with E-state index in [4.69, 9.17) is 50.9 Å². The Morgan fingerprint density at radius 1 is 0.682 bits per heavy atom. The average molecular weight is 356 g/mol. The lowest BCUT2D eigenvalue weighted by Gasteiger charge is -2.15. The zero-order valence-corrected chi connectivity index (χ0v) is 13.3. The zero-order valence-electron chi connectivity index (χ0n) is 10.8. The van der Waals surface area contributed by atoms with E-state index >= 15 is 0 Å². The van der Waals surface area contributed by atoms with Gasteiger partial charge in [0.1, 0.15) is 0 Å². The third-order valence-corrected chi connectivity index (χ3v) is 3.34. The lowest BCUT2D eigenvalue weighted by molar-refractivity contribution is 0.0651. The van der Waals surface area contributed by atoms with Crippen LogP contribution >= 0.6 is 36.7 Å². The maximum atomic E-state index is 5.52. The number of aromatic amines is 3. The predicted octanol–water partition coefficient (Wildman–Crippen LogP) is 0.935. The van der Waals surface area contributed by atoms with Gasteiger partial charge in [-0.1, -0.05) is 0 Å². The van der Waals surface area contributed by atoms with Gasteiger partial charge in [-0.05, 0) is 36.7 Å². The first-order valence-electron chi connectivity index (χ1n) is 5.93. The maximum absolute atomic E-state index is 5.52. The van der Waals surface area contributed by atoms with E-state index in [1.54, 1.807) is 37.2 Å². The molecule has 13 heteroatoms. The van der Waals surface area contributed by atoms with Gasteiger partial charge in [0, 0.05) is 18.6 Å². The Kier molecular flexibility index (Phi) is 4.17. The van der Waals surface area contributed by atoms with E-state index in [0.29, 0.717) is 14.3 Å². The van der Waals surface area contributed by atoms with Crippen LogP contribution in [0, 0.1) is 14.3 Å². The standard InChI is InChI=1S/C9H9BN6O3S3/c20-7-11-1-4-14(7)17-10(18-15-5-2-12-8(15)21)19-16-6-3-13-9(16)22/h1-6H,(H,11,20)(H,12,21)(H,13,22). The number of rotatable bonds is 6. The van der Waals surface area contributed by atoms with Crippen LogP contribution < -0.4 is 14.3 Å². The first-order valence-corrected chi connectivity index (χ1v) is 7.15. The monoisotopic (exact) mass is 356 g/mol. The highest BCUT2D eigenvalue weighted by molar-refractivity contribution is 7.71. The highest BCUT2D eigenvalue weighted by atomic mass is 32.1. The van der Waals surface area contributed by atoms with Crippen molar-refractivity contribution >= 4 is 44.0 Å². The zero-order chi connectivity index (χ0) is 15.5. The van der Waals surface area contributed by atoms with Crippen LogP contribution in [-0.2, 0) is 0 Å². The second-order valence-electron chi connectivity index (χ2n) is 3.88. The number of aromatic nitrogens is 6. The molecule has 0 unspecified atom stereocenters. The first-order chi connectivity index (χ1) is 10.6. The molecule has 114 valence electrons. The van der Waals surface area contributed by atoms with Gasteiger partial charge < -0.3 is 29.2 Å². The summed E-state index contributed by atoms with van der Waals surface area (Å²) in [7, 11) is -1.20. The summed E-state index contributed by atoms with van der Waals surface area (Å²) in [6.45, 7) is 0. The normalized spacial score (nSPS) is 10.4. The highest BCUT2D eigenvalue weighted by Gasteiger charge is 2.34. The Bertz CT molecular complexity index is 800. The van der Waals surface area contributed by atoms with E-state index in [1.165, 1.54) is 14.2 Å². The van der Waals surface area contributed by atoms with Crippen molar-refractivity contribution in [2.75, 3.05) is 0 Å². The minimum absolute atomic E-state index is 0.340. The minimum atomic E-state index is -1.20. The lowest BCUT2D eigenvalue weighted by atomic mass is 10.3.